The number of thiophene rings is 1. The van der Waals surface area contributed by atoms with E-state index in [1.165, 1.54) is 10.4 Å². The minimum atomic E-state index is -0.0106. The molecule has 5 heteroatoms. The van der Waals surface area contributed by atoms with Crippen LogP contribution in [0, 0.1) is 6.92 Å². The summed E-state index contributed by atoms with van der Waals surface area (Å²) in [4.78, 5) is 13.5. The van der Waals surface area contributed by atoms with Gasteiger partial charge in [-0.1, -0.05) is 54.1 Å². The topological polar surface area (TPSA) is 50.4 Å². The van der Waals surface area contributed by atoms with Crippen molar-refractivity contribution in [2.24, 2.45) is 0 Å². The van der Waals surface area contributed by atoms with E-state index in [1.807, 2.05) is 30.3 Å². The number of benzene rings is 2. The maximum Gasteiger partial charge on any atom is 0.233 e. The molecule has 2 aromatic carbocycles. The van der Waals surface area contributed by atoms with Gasteiger partial charge in [-0.3, -0.25) is 10.1 Å². The summed E-state index contributed by atoms with van der Waals surface area (Å²) in [6.45, 7) is 2.92. The Morgan fingerprint density at radius 1 is 1.07 bits per heavy atom. The average molecular weight is 395 g/mol. The highest BCUT2D eigenvalue weighted by Gasteiger charge is 2.16. The van der Waals surface area contributed by atoms with Gasteiger partial charge in [-0.25, -0.2) is 0 Å². The lowest BCUT2D eigenvalue weighted by molar-refractivity contribution is -0.120. The molecule has 1 aromatic heterocycles. The quantitative estimate of drug-likeness (QED) is 0.574. The first-order valence-electron chi connectivity index (χ1n) is 9.39. The first kappa shape index (κ1) is 20.1. The van der Waals surface area contributed by atoms with Gasteiger partial charge in [0.15, 0.2) is 0 Å². The van der Waals surface area contributed by atoms with E-state index in [2.05, 4.69) is 53.3 Å². The number of aryl methyl sites for hydroxylation is 1. The Morgan fingerprint density at radius 2 is 1.86 bits per heavy atom. The number of para-hydroxylation sites is 1. The maximum atomic E-state index is 12.3. The highest BCUT2D eigenvalue weighted by molar-refractivity contribution is 7.10. The molecule has 28 heavy (non-hydrogen) atoms. The molecule has 0 aliphatic heterocycles. The average Bonchev–Trinajstić information content (AvgIpc) is 3.24. The van der Waals surface area contributed by atoms with Crippen LogP contribution in [0.4, 0.5) is 0 Å². The molecule has 146 valence electrons. The Hall–Kier alpha value is -2.63. The number of carbonyl (C=O) groups excluding carboxylic acids is 1. The largest absolute Gasteiger partial charge is 0.496 e. The summed E-state index contributed by atoms with van der Waals surface area (Å²) in [6.07, 6.45) is 0.738. The minimum absolute atomic E-state index is 0.0106. The van der Waals surface area contributed by atoms with Gasteiger partial charge in [0.25, 0.3) is 0 Å². The van der Waals surface area contributed by atoms with E-state index in [0.717, 1.165) is 23.3 Å². The van der Waals surface area contributed by atoms with Crippen molar-refractivity contribution in [2.45, 2.75) is 19.4 Å². The summed E-state index contributed by atoms with van der Waals surface area (Å²) in [7, 11) is 1.66. The van der Waals surface area contributed by atoms with Crippen molar-refractivity contribution in [1.82, 2.24) is 10.6 Å². The molecular weight excluding hydrogens is 368 g/mol. The van der Waals surface area contributed by atoms with Crippen LogP contribution >= 0.6 is 11.3 Å². The number of ether oxygens (including phenoxy) is 1. The van der Waals surface area contributed by atoms with Crippen molar-refractivity contribution in [2.75, 3.05) is 20.2 Å². The van der Waals surface area contributed by atoms with Crippen LogP contribution in [-0.2, 0) is 11.2 Å². The number of methoxy groups -OCH3 is 1. The van der Waals surface area contributed by atoms with E-state index < -0.39 is 0 Å². The van der Waals surface area contributed by atoms with Gasteiger partial charge in [0.2, 0.25) is 5.91 Å². The molecule has 1 amide bonds. The van der Waals surface area contributed by atoms with E-state index in [1.54, 1.807) is 18.4 Å². The van der Waals surface area contributed by atoms with Crippen LogP contribution < -0.4 is 15.4 Å². The van der Waals surface area contributed by atoms with Crippen LogP contribution in [0.5, 0.6) is 5.75 Å². The van der Waals surface area contributed by atoms with Crippen LogP contribution in [-0.4, -0.2) is 26.1 Å². The van der Waals surface area contributed by atoms with E-state index in [4.69, 9.17) is 4.74 Å². The van der Waals surface area contributed by atoms with Gasteiger partial charge in [-0.05, 0) is 42.0 Å². The zero-order chi connectivity index (χ0) is 19.8. The summed E-state index contributed by atoms with van der Waals surface area (Å²) < 4.78 is 5.36. The first-order valence-corrected chi connectivity index (χ1v) is 10.3. The molecule has 1 heterocycles. The lowest BCUT2D eigenvalue weighted by atomic mass is 10.0. The molecule has 0 saturated heterocycles. The summed E-state index contributed by atoms with van der Waals surface area (Å²) in [6, 6.07) is 20.5. The van der Waals surface area contributed by atoms with Crippen LogP contribution in [0.3, 0.4) is 0 Å². The van der Waals surface area contributed by atoms with Crippen LogP contribution in [0.15, 0.2) is 66.0 Å². The van der Waals surface area contributed by atoms with Gasteiger partial charge in [-0.15, -0.1) is 11.3 Å². The molecule has 1 atom stereocenters. The zero-order valence-electron chi connectivity index (χ0n) is 16.3. The van der Waals surface area contributed by atoms with Gasteiger partial charge in [0.05, 0.1) is 19.7 Å². The monoisotopic (exact) mass is 394 g/mol. The molecule has 0 fully saturated rings. The van der Waals surface area contributed by atoms with Crippen LogP contribution in [0.1, 0.15) is 27.6 Å². The van der Waals surface area contributed by atoms with E-state index in [-0.39, 0.29) is 18.5 Å². The molecule has 0 spiro atoms. The number of amides is 1. The van der Waals surface area contributed by atoms with Gasteiger partial charge in [0, 0.05) is 11.4 Å². The van der Waals surface area contributed by atoms with Crippen molar-refractivity contribution in [1.29, 1.82) is 0 Å². The molecule has 0 unspecified atom stereocenters. The number of nitrogens with one attached hydrogen (secondary N) is 2. The fraction of sp³-hybridized carbons (Fsp3) is 0.261. The Labute approximate surface area is 170 Å². The molecule has 0 radical (unpaired) electrons. The molecular formula is C23H26N2O2S. The minimum Gasteiger partial charge on any atom is -0.496 e. The second kappa shape index (κ2) is 10.1. The molecule has 2 N–H and O–H groups in total. The Kier molecular flexibility index (Phi) is 7.23. The van der Waals surface area contributed by atoms with Crippen LogP contribution in [0.2, 0.25) is 0 Å². The second-order valence-corrected chi connectivity index (χ2v) is 7.63. The molecule has 0 aliphatic carbocycles. The molecule has 0 bridgehead atoms. The predicted octanol–water partition coefficient (Wildman–Crippen LogP) is 4.10. The predicted molar refractivity (Wildman–Crippen MR) is 115 cm³/mol. The standard InChI is InChI=1S/C23H26N2O2S/c1-17-9-11-19(12-10-17)23(21-8-5-15-28-21)25-16-22(26)24-14-13-18-6-3-4-7-20(18)27-2/h3-12,15,23,25H,13-14,16H2,1-2H3,(H,24,26)/t23-/m1/s1. The van der Waals surface area contributed by atoms with Crippen molar-refractivity contribution < 1.29 is 9.53 Å². The van der Waals surface area contributed by atoms with Gasteiger partial charge < -0.3 is 10.1 Å². The molecule has 0 aliphatic rings. The summed E-state index contributed by atoms with van der Waals surface area (Å²) in [5.74, 6) is 0.843. The third-order valence-corrected chi connectivity index (χ3v) is 5.55. The first-order chi connectivity index (χ1) is 13.7. The highest BCUT2D eigenvalue weighted by Crippen LogP contribution is 2.26. The number of carbonyl (C=O) groups is 1. The van der Waals surface area contributed by atoms with Gasteiger partial charge in [-0.2, -0.15) is 0 Å². The smallest absolute Gasteiger partial charge is 0.233 e. The summed E-state index contributed by atoms with van der Waals surface area (Å²) in [5, 5.41) is 8.45. The Bertz CT molecular complexity index is 876. The summed E-state index contributed by atoms with van der Waals surface area (Å²) in [5.41, 5.74) is 3.48. The fourth-order valence-electron chi connectivity index (χ4n) is 3.10. The maximum absolute atomic E-state index is 12.3. The molecule has 0 saturated carbocycles. The Morgan fingerprint density at radius 3 is 2.57 bits per heavy atom. The third kappa shape index (κ3) is 5.44. The van der Waals surface area contributed by atoms with Crippen molar-refractivity contribution in [3.63, 3.8) is 0 Å². The van der Waals surface area contributed by atoms with Crippen molar-refractivity contribution >= 4 is 17.2 Å². The van der Waals surface area contributed by atoms with Gasteiger partial charge in [0.1, 0.15) is 5.75 Å². The van der Waals surface area contributed by atoms with Crippen molar-refractivity contribution in [3.8, 4) is 5.75 Å². The van der Waals surface area contributed by atoms with Gasteiger partial charge >= 0.3 is 0 Å². The lowest BCUT2D eigenvalue weighted by Crippen LogP contribution is -2.36. The number of hydrogen-bond acceptors (Lipinski definition) is 4. The zero-order valence-corrected chi connectivity index (χ0v) is 17.1. The molecule has 3 aromatic rings. The number of hydrogen-bond donors (Lipinski definition) is 2. The SMILES string of the molecule is COc1ccccc1CCNC(=O)CN[C@H](c1ccc(C)cc1)c1cccs1. The molecule has 3 rings (SSSR count). The number of rotatable bonds is 9. The highest BCUT2D eigenvalue weighted by atomic mass is 32.1. The normalized spacial score (nSPS) is 11.8. The lowest BCUT2D eigenvalue weighted by Gasteiger charge is -2.18. The van der Waals surface area contributed by atoms with Crippen LogP contribution in [0.25, 0.3) is 0 Å². The fourth-order valence-corrected chi connectivity index (χ4v) is 3.93. The van der Waals surface area contributed by atoms with E-state index in [9.17, 15) is 4.79 Å². The summed E-state index contributed by atoms with van der Waals surface area (Å²) >= 11 is 1.69. The van der Waals surface area contributed by atoms with E-state index in [0.29, 0.717) is 6.54 Å². The second-order valence-electron chi connectivity index (χ2n) is 6.65. The third-order valence-electron chi connectivity index (χ3n) is 4.61. The van der Waals surface area contributed by atoms with E-state index >= 15 is 0 Å². The Balaban J connectivity index is 1.54. The molecule has 4 nitrogen and oxygen atoms in total. The van der Waals surface area contributed by atoms with Crippen molar-refractivity contribution in [3.05, 3.63) is 87.6 Å².